The number of nitrogens with one attached hydrogen (secondary N) is 2. The number of urea groups is 1. The van der Waals surface area contributed by atoms with Gasteiger partial charge in [0.2, 0.25) is 5.91 Å². The van der Waals surface area contributed by atoms with Crippen molar-refractivity contribution >= 4 is 29.2 Å². The molecule has 0 aromatic carbocycles. The predicted molar refractivity (Wildman–Crippen MR) is 95.1 cm³/mol. The van der Waals surface area contributed by atoms with Crippen molar-refractivity contribution < 1.29 is 14.4 Å². The van der Waals surface area contributed by atoms with E-state index in [1.54, 1.807) is 18.3 Å². The fourth-order valence-corrected chi connectivity index (χ4v) is 4.15. The Hall–Kier alpha value is -1.93. The number of carbonyl (C=O) groups is 3. The first-order valence-electron chi connectivity index (χ1n) is 8.43. The van der Waals surface area contributed by atoms with E-state index in [4.69, 9.17) is 0 Å². The van der Waals surface area contributed by atoms with Gasteiger partial charge in [-0.25, -0.2) is 4.79 Å². The molecule has 0 spiro atoms. The molecule has 1 aromatic rings. The number of likely N-dealkylation sites (N-methyl/N-ethyl adjacent to an activating group) is 1. The Morgan fingerprint density at radius 3 is 2.76 bits per heavy atom. The SMILES string of the molecule is CN(C)C(CNC(=O)CN1C(=O)NC(C)(C2CC2)C1=O)c1cccs1. The van der Waals surface area contributed by atoms with E-state index >= 15 is 0 Å². The van der Waals surface area contributed by atoms with Gasteiger partial charge in [0.05, 0.1) is 6.04 Å². The van der Waals surface area contributed by atoms with Gasteiger partial charge in [-0.3, -0.25) is 14.5 Å². The number of nitrogens with zero attached hydrogens (tertiary/aromatic N) is 2. The third kappa shape index (κ3) is 3.55. The molecule has 2 N–H and O–H groups in total. The first-order chi connectivity index (χ1) is 11.8. The van der Waals surface area contributed by atoms with E-state index in [1.165, 1.54) is 0 Å². The smallest absolute Gasteiger partial charge is 0.325 e. The summed E-state index contributed by atoms with van der Waals surface area (Å²) in [5, 5.41) is 7.60. The maximum absolute atomic E-state index is 12.5. The van der Waals surface area contributed by atoms with Gasteiger partial charge < -0.3 is 15.5 Å². The topological polar surface area (TPSA) is 81.8 Å². The fourth-order valence-electron chi connectivity index (χ4n) is 3.23. The summed E-state index contributed by atoms with van der Waals surface area (Å²) in [6, 6.07) is 3.59. The zero-order valence-electron chi connectivity index (χ0n) is 14.7. The number of imide groups is 1. The zero-order chi connectivity index (χ0) is 18.2. The van der Waals surface area contributed by atoms with Gasteiger partial charge in [0.15, 0.2) is 0 Å². The molecule has 0 bridgehead atoms. The van der Waals surface area contributed by atoms with Crippen molar-refractivity contribution in [1.82, 2.24) is 20.4 Å². The minimum absolute atomic E-state index is 0.0591. The molecule has 2 atom stereocenters. The number of hydrogen-bond donors (Lipinski definition) is 2. The van der Waals surface area contributed by atoms with Crippen LogP contribution in [0.15, 0.2) is 17.5 Å². The van der Waals surface area contributed by atoms with Crippen LogP contribution in [0.2, 0.25) is 0 Å². The van der Waals surface area contributed by atoms with Crippen LogP contribution in [0.3, 0.4) is 0 Å². The summed E-state index contributed by atoms with van der Waals surface area (Å²) in [5.41, 5.74) is -0.847. The zero-order valence-corrected chi connectivity index (χ0v) is 15.6. The minimum atomic E-state index is -0.847. The van der Waals surface area contributed by atoms with Crippen molar-refractivity contribution in [3.05, 3.63) is 22.4 Å². The van der Waals surface area contributed by atoms with E-state index < -0.39 is 11.6 Å². The monoisotopic (exact) mass is 364 g/mol. The molecule has 8 heteroatoms. The first-order valence-corrected chi connectivity index (χ1v) is 9.31. The molecule has 4 amide bonds. The van der Waals surface area contributed by atoms with Gasteiger partial charge in [-0.05, 0) is 51.2 Å². The van der Waals surface area contributed by atoms with Gasteiger partial charge in [-0.2, -0.15) is 0 Å². The summed E-state index contributed by atoms with van der Waals surface area (Å²) in [6.45, 7) is 1.94. The van der Waals surface area contributed by atoms with Crippen molar-refractivity contribution in [2.75, 3.05) is 27.2 Å². The predicted octanol–water partition coefficient (Wildman–Crippen LogP) is 1.19. The molecule has 1 aromatic heterocycles. The van der Waals surface area contributed by atoms with Gasteiger partial charge >= 0.3 is 6.03 Å². The number of rotatable bonds is 7. The lowest BCUT2D eigenvalue weighted by Gasteiger charge is -2.24. The second-order valence-corrected chi connectivity index (χ2v) is 8.08. The van der Waals surface area contributed by atoms with Crippen LogP contribution in [-0.4, -0.2) is 60.4 Å². The van der Waals surface area contributed by atoms with Crippen LogP contribution in [0.25, 0.3) is 0 Å². The average molecular weight is 364 g/mol. The second kappa shape index (κ2) is 6.76. The standard InChI is InChI=1S/C17H24N4O3S/c1-17(11-6-7-11)15(23)21(16(24)19-17)10-14(22)18-9-12(20(2)3)13-5-4-8-25-13/h4-5,8,11-12H,6-7,9-10H2,1-3H3,(H,18,22)(H,19,24). The summed E-state index contributed by atoms with van der Waals surface area (Å²) in [5.74, 6) is -0.432. The van der Waals surface area contributed by atoms with Crippen molar-refractivity contribution in [2.24, 2.45) is 5.92 Å². The van der Waals surface area contributed by atoms with Crippen molar-refractivity contribution in [2.45, 2.75) is 31.3 Å². The van der Waals surface area contributed by atoms with Gasteiger partial charge in [-0.15, -0.1) is 11.3 Å². The highest BCUT2D eigenvalue weighted by Crippen LogP contribution is 2.42. The number of hydrogen-bond acceptors (Lipinski definition) is 5. The van der Waals surface area contributed by atoms with E-state index in [0.29, 0.717) is 6.54 Å². The molecule has 1 saturated carbocycles. The summed E-state index contributed by atoms with van der Waals surface area (Å²) in [4.78, 5) is 41.2. The normalized spacial score (nSPS) is 24.6. The number of carbonyl (C=O) groups excluding carboxylic acids is 3. The molecule has 2 unspecified atom stereocenters. The molecule has 0 radical (unpaired) electrons. The molecule has 1 saturated heterocycles. The number of thiophene rings is 1. The Kier molecular flexibility index (Phi) is 4.83. The Morgan fingerprint density at radius 2 is 2.20 bits per heavy atom. The molecule has 1 aliphatic heterocycles. The first kappa shape index (κ1) is 17.9. The van der Waals surface area contributed by atoms with E-state index in [2.05, 4.69) is 10.6 Å². The van der Waals surface area contributed by atoms with Crippen LogP contribution in [0.5, 0.6) is 0 Å². The van der Waals surface area contributed by atoms with Crippen LogP contribution in [0.1, 0.15) is 30.7 Å². The largest absolute Gasteiger partial charge is 0.353 e. The van der Waals surface area contributed by atoms with Crippen molar-refractivity contribution in [3.8, 4) is 0 Å². The fraction of sp³-hybridized carbons (Fsp3) is 0.588. The van der Waals surface area contributed by atoms with E-state index in [1.807, 2.05) is 36.5 Å². The van der Waals surface area contributed by atoms with Gasteiger partial charge in [0, 0.05) is 11.4 Å². The highest BCUT2D eigenvalue weighted by molar-refractivity contribution is 7.10. The van der Waals surface area contributed by atoms with Crippen LogP contribution < -0.4 is 10.6 Å². The molecule has 2 fully saturated rings. The molecule has 2 heterocycles. The van der Waals surface area contributed by atoms with Crippen molar-refractivity contribution in [3.63, 3.8) is 0 Å². The van der Waals surface area contributed by atoms with Crippen LogP contribution in [0, 0.1) is 5.92 Å². The Bertz CT molecular complexity index is 671. The third-order valence-electron chi connectivity index (χ3n) is 4.98. The third-order valence-corrected chi connectivity index (χ3v) is 5.96. The van der Waals surface area contributed by atoms with Gasteiger partial charge in [0.1, 0.15) is 12.1 Å². The summed E-state index contributed by atoms with van der Waals surface area (Å²) >= 11 is 1.63. The quantitative estimate of drug-likeness (QED) is 0.712. The molecule has 136 valence electrons. The van der Waals surface area contributed by atoms with E-state index in [0.717, 1.165) is 22.6 Å². The molecular formula is C17H24N4O3S. The highest BCUT2D eigenvalue weighted by Gasteiger charge is 2.56. The van der Waals surface area contributed by atoms with Gasteiger partial charge in [-0.1, -0.05) is 6.07 Å². The Morgan fingerprint density at radius 1 is 1.48 bits per heavy atom. The van der Waals surface area contributed by atoms with Crippen LogP contribution in [-0.2, 0) is 9.59 Å². The lowest BCUT2D eigenvalue weighted by Crippen LogP contribution is -2.47. The maximum Gasteiger partial charge on any atom is 0.325 e. The van der Waals surface area contributed by atoms with E-state index in [-0.39, 0.29) is 30.3 Å². The second-order valence-electron chi connectivity index (χ2n) is 7.10. The summed E-state index contributed by atoms with van der Waals surface area (Å²) < 4.78 is 0. The van der Waals surface area contributed by atoms with E-state index in [9.17, 15) is 14.4 Å². The molecule has 2 aliphatic rings. The lowest BCUT2D eigenvalue weighted by atomic mass is 9.96. The molecule has 3 rings (SSSR count). The molecule has 7 nitrogen and oxygen atoms in total. The molecule has 25 heavy (non-hydrogen) atoms. The summed E-state index contributed by atoms with van der Waals surface area (Å²) in [7, 11) is 3.91. The summed E-state index contributed by atoms with van der Waals surface area (Å²) in [6.07, 6.45) is 1.88. The van der Waals surface area contributed by atoms with Crippen LogP contribution >= 0.6 is 11.3 Å². The van der Waals surface area contributed by atoms with Crippen LogP contribution in [0.4, 0.5) is 4.79 Å². The molecular weight excluding hydrogens is 340 g/mol. The maximum atomic E-state index is 12.5. The Labute approximate surface area is 151 Å². The minimum Gasteiger partial charge on any atom is -0.353 e. The Balaban J connectivity index is 1.57. The van der Waals surface area contributed by atoms with Crippen molar-refractivity contribution in [1.29, 1.82) is 0 Å². The molecule has 1 aliphatic carbocycles. The average Bonchev–Trinajstić information content (AvgIpc) is 3.24. The number of amides is 4. The lowest BCUT2D eigenvalue weighted by molar-refractivity contribution is -0.135. The highest BCUT2D eigenvalue weighted by atomic mass is 32.1. The van der Waals surface area contributed by atoms with Gasteiger partial charge in [0.25, 0.3) is 5.91 Å².